The minimum atomic E-state index is -0.429. The smallest absolute Gasteiger partial charge is 0.146 e. The van der Waals surface area contributed by atoms with Crippen LogP contribution in [-0.4, -0.2) is 19.6 Å². The molecule has 0 bridgehead atoms. The number of pyridine rings is 1. The van der Waals surface area contributed by atoms with Crippen molar-refractivity contribution in [3.05, 3.63) is 193 Å². The number of rotatable bonds is 5. The highest BCUT2D eigenvalue weighted by Crippen LogP contribution is 2.58. The van der Waals surface area contributed by atoms with E-state index >= 15 is 0 Å². The lowest BCUT2D eigenvalue weighted by atomic mass is 9.55. The van der Waals surface area contributed by atoms with Crippen molar-refractivity contribution in [3.63, 3.8) is 0 Å². The Balaban J connectivity index is 1.06. The van der Waals surface area contributed by atoms with Crippen molar-refractivity contribution in [2.24, 2.45) is 0 Å². The van der Waals surface area contributed by atoms with E-state index in [0.29, 0.717) is 11.4 Å². The number of hydrogen-bond donors (Lipinski definition) is 1. The van der Waals surface area contributed by atoms with Gasteiger partial charge in [0.15, 0.2) is 0 Å². The second-order valence-electron chi connectivity index (χ2n) is 19.5. The van der Waals surface area contributed by atoms with E-state index in [4.69, 9.17) is 23.2 Å². The Kier molecular flexibility index (Phi) is 8.11. The molecule has 69 heavy (non-hydrogen) atoms. The zero-order valence-corrected chi connectivity index (χ0v) is 38.3. The molecule has 0 amide bonds. The third-order valence-electron chi connectivity index (χ3n) is 15.3. The van der Waals surface area contributed by atoms with Crippen LogP contribution in [0.5, 0.6) is 5.75 Å². The van der Waals surface area contributed by atoms with Gasteiger partial charge in [-0.2, -0.15) is 0 Å². The summed E-state index contributed by atoms with van der Waals surface area (Å²) in [4.78, 5) is 11.3. The Labute approximate surface area is 396 Å². The topological polar surface area (TPSA) is 90.4 Å². The van der Waals surface area contributed by atoms with Gasteiger partial charge in [0, 0.05) is 60.7 Å². The lowest BCUT2D eigenvalue weighted by Gasteiger charge is -2.48. The Morgan fingerprint density at radius 1 is 0.449 bits per heavy atom. The van der Waals surface area contributed by atoms with Gasteiger partial charge in [-0.25, -0.2) is 9.97 Å². The van der Waals surface area contributed by atoms with Gasteiger partial charge in [0.1, 0.15) is 50.8 Å². The second-order valence-corrected chi connectivity index (χ2v) is 19.5. The average Bonchev–Trinajstić information content (AvgIpc) is 4.17. The largest absolute Gasteiger partial charge is 0.507 e. The third-order valence-corrected chi connectivity index (χ3v) is 15.3. The van der Waals surface area contributed by atoms with E-state index in [0.717, 1.165) is 128 Å². The van der Waals surface area contributed by atoms with Crippen LogP contribution < -0.4 is 0 Å². The molecular formula is C62H43N3O4. The maximum Gasteiger partial charge on any atom is 0.146 e. The van der Waals surface area contributed by atoms with E-state index < -0.39 is 5.41 Å². The van der Waals surface area contributed by atoms with Crippen LogP contribution in [0, 0.1) is 0 Å². The summed E-state index contributed by atoms with van der Waals surface area (Å²) in [5, 5.41) is 18.0. The fourth-order valence-electron chi connectivity index (χ4n) is 11.1. The summed E-state index contributed by atoms with van der Waals surface area (Å²) in [5.74, 6) is 0.928. The van der Waals surface area contributed by atoms with Gasteiger partial charge >= 0.3 is 0 Å². The summed E-state index contributed by atoms with van der Waals surface area (Å²) >= 11 is 0. The molecule has 0 fully saturated rings. The quantitative estimate of drug-likeness (QED) is 0.185. The van der Waals surface area contributed by atoms with Gasteiger partial charge in [-0.3, -0.25) is 4.57 Å². The number of para-hydroxylation sites is 2. The molecule has 330 valence electrons. The van der Waals surface area contributed by atoms with Crippen molar-refractivity contribution >= 4 is 65.8 Å². The molecule has 7 nitrogen and oxygen atoms in total. The summed E-state index contributed by atoms with van der Waals surface area (Å²) < 4.78 is 21.4. The minimum Gasteiger partial charge on any atom is -0.507 e. The van der Waals surface area contributed by atoms with Gasteiger partial charge in [0.05, 0.1) is 11.4 Å². The van der Waals surface area contributed by atoms with E-state index in [1.165, 1.54) is 0 Å². The Morgan fingerprint density at radius 3 is 1.83 bits per heavy atom. The summed E-state index contributed by atoms with van der Waals surface area (Å²) in [7, 11) is 0. The van der Waals surface area contributed by atoms with Gasteiger partial charge in [0.2, 0.25) is 0 Å². The van der Waals surface area contributed by atoms with Crippen LogP contribution in [0.2, 0.25) is 0 Å². The highest BCUT2D eigenvalue weighted by atomic mass is 16.3. The number of phenols is 1. The maximum absolute atomic E-state index is 11.9. The van der Waals surface area contributed by atoms with Gasteiger partial charge in [-0.1, -0.05) is 131 Å². The third kappa shape index (κ3) is 5.68. The summed E-state index contributed by atoms with van der Waals surface area (Å²) in [6, 6.07) is 60.2. The second kappa shape index (κ2) is 14.2. The van der Waals surface area contributed by atoms with E-state index in [2.05, 4.69) is 148 Å². The first kappa shape index (κ1) is 39.5. The van der Waals surface area contributed by atoms with Crippen LogP contribution in [0.1, 0.15) is 38.8 Å². The highest BCUT2D eigenvalue weighted by molar-refractivity contribution is 6.13. The van der Waals surface area contributed by atoms with Crippen LogP contribution >= 0.6 is 0 Å². The molecular weight excluding hydrogens is 851 g/mol. The zero-order valence-electron chi connectivity index (χ0n) is 38.3. The Hall–Kier alpha value is -8.68. The molecule has 7 heteroatoms. The molecule has 1 aliphatic rings. The monoisotopic (exact) mass is 893 g/mol. The standard InChI is InChI=1S/C62H43N3O4/c1-61(2)46-19-13-20-49(66)57(46)59-58(62(61,3)4)42(37-25-28-52-43(31-37)39-16-8-10-21-50(39)67-52)33-47(63-59)48-34-65(38-26-29-53-44(32-38)40-17-9-11-22-51(40)68-53)60(64-48)41-18-12-23-55-56(41)45-30-36(24-27-54(45)69-55)35-14-6-5-7-15-35/h5-34,66H,1-4H3. The SMILES string of the molecule is CC1(C)c2cccc(O)c2-c2nc(-c3cn(-c4ccc5oc6ccccc6c5c4)c(-c4cccc5oc6ccc(-c7ccccc7)cc6c45)n3)cc(-c3ccc4oc5ccccc5c4c3)c2C1(C)C. The van der Waals surface area contributed by atoms with Crippen molar-refractivity contribution in [2.45, 2.75) is 38.5 Å². The summed E-state index contributed by atoms with van der Waals surface area (Å²) in [6.45, 7) is 9.15. The van der Waals surface area contributed by atoms with Crippen molar-refractivity contribution in [3.8, 4) is 67.7 Å². The van der Waals surface area contributed by atoms with Crippen LogP contribution in [0.4, 0.5) is 0 Å². The number of furan rings is 3. The number of benzene rings is 8. The molecule has 5 heterocycles. The normalized spacial score (nSPS) is 14.1. The fraction of sp³-hybridized carbons (Fsp3) is 0.0968. The lowest BCUT2D eigenvalue weighted by molar-refractivity contribution is 0.297. The molecule has 8 aromatic carbocycles. The van der Waals surface area contributed by atoms with Gasteiger partial charge < -0.3 is 18.4 Å². The van der Waals surface area contributed by atoms with E-state index in [1.54, 1.807) is 6.07 Å². The molecule has 0 unspecified atom stereocenters. The van der Waals surface area contributed by atoms with Crippen molar-refractivity contribution in [1.29, 1.82) is 0 Å². The minimum absolute atomic E-state index is 0.199. The van der Waals surface area contributed by atoms with Crippen LogP contribution in [-0.2, 0) is 10.8 Å². The predicted octanol–water partition coefficient (Wildman–Crippen LogP) is 16.6. The van der Waals surface area contributed by atoms with E-state index in [-0.39, 0.29) is 11.2 Å². The molecule has 5 aromatic heterocycles. The van der Waals surface area contributed by atoms with Crippen LogP contribution in [0.15, 0.2) is 195 Å². The lowest BCUT2D eigenvalue weighted by Crippen LogP contribution is -2.44. The van der Waals surface area contributed by atoms with Gasteiger partial charge in [-0.15, -0.1) is 0 Å². The van der Waals surface area contributed by atoms with E-state index in [9.17, 15) is 5.11 Å². The first-order valence-electron chi connectivity index (χ1n) is 23.4. The number of nitrogens with zero attached hydrogens (tertiary/aromatic N) is 3. The van der Waals surface area contributed by atoms with E-state index in [1.807, 2.05) is 60.7 Å². The number of aromatic nitrogens is 3. The van der Waals surface area contributed by atoms with Crippen LogP contribution in [0.25, 0.3) is 128 Å². The zero-order chi connectivity index (χ0) is 46.3. The molecule has 14 rings (SSSR count). The number of phenolic OH excluding ortho intramolecular Hbond substituents is 1. The average molecular weight is 894 g/mol. The molecule has 13 aromatic rings. The molecule has 0 radical (unpaired) electrons. The van der Waals surface area contributed by atoms with Crippen molar-refractivity contribution in [2.75, 3.05) is 0 Å². The summed E-state index contributed by atoms with van der Waals surface area (Å²) in [6.07, 6.45) is 2.10. The molecule has 0 atom stereocenters. The number of imidazole rings is 1. The Morgan fingerprint density at radius 2 is 1.06 bits per heavy atom. The molecule has 0 aliphatic heterocycles. The number of aromatic hydroxyl groups is 1. The number of fused-ring (bicyclic) bond motifs is 12. The van der Waals surface area contributed by atoms with Crippen LogP contribution in [0.3, 0.4) is 0 Å². The fourth-order valence-corrected chi connectivity index (χ4v) is 11.1. The predicted molar refractivity (Wildman–Crippen MR) is 278 cm³/mol. The highest BCUT2D eigenvalue weighted by Gasteiger charge is 2.49. The maximum atomic E-state index is 11.9. The molecule has 0 spiro atoms. The molecule has 1 aliphatic carbocycles. The molecule has 0 saturated heterocycles. The van der Waals surface area contributed by atoms with Gasteiger partial charge in [-0.05, 0) is 112 Å². The van der Waals surface area contributed by atoms with Crippen molar-refractivity contribution < 1.29 is 18.4 Å². The Bertz CT molecular complexity index is 4280. The molecule has 1 N–H and O–H groups in total. The summed E-state index contributed by atoms with van der Waals surface area (Å²) in [5.41, 5.74) is 15.2. The number of hydrogen-bond acceptors (Lipinski definition) is 6. The first-order chi connectivity index (χ1) is 33.6. The van der Waals surface area contributed by atoms with Gasteiger partial charge in [0.25, 0.3) is 0 Å². The first-order valence-corrected chi connectivity index (χ1v) is 23.4. The van der Waals surface area contributed by atoms with Crippen molar-refractivity contribution in [1.82, 2.24) is 14.5 Å². The molecule has 0 saturated carbocycles.